The second-order valence-corrected chi connectivity index (χ2v) is 6.42. The van der Waals surface area contributed by atoms with Gasteiger partial charge < -0.3 is 5.32 Å². The molecule has 1 amide bonds. The number of carbonyl (C=O) groups is 1. The van der Waals surface area contributed by atoms with Crippen molar-refractivity contribution < 1.29 is 4.79 Å². The van der Waals surface area contributed by atoms with Gasteiger partial charge in [0.2, 0.25) is 5.91 Å². The zero-order valence-electron chi connectivity index (χ0n) is 12.4. The Labute approximate surface area is 131 Å². The summed E-state index contributed by atoms with van der Waals surface area (Å²) in [5.74, 6) is 0.456. The SMILES string of the molecule is CC(C)C(C)NC(=O)CN(C)Cc1cc(Cl)cc(Cl)c1. The highest BCUT2D eigenvalue weighted by molar-refractivity contribution is 6.34. The number of carbonyl (C=O) groups excluding carboxylic acids is 1. The highest BCUT2D eigenvalue weighted by Gasteiger charge is 2.13. The Morgan fingerprint density at radius 2 is 1.75 bits per heavy atom. The minimum absolute atomic E-state index is 0.0295. The van der Waals surface area contributed by atoms with E-state index in [2.05, 4.69) is 19.2 Å². The standard InChI is InChI=1S/C15H22Cl2N2O/c1-10(2)11(3)18-15(20)9-19(4)8-12-5-13(16)7-14(17)6-12/h5-7,10-11H,8-9H2,1-4H3,(H,18,20). The molecule has 0 spiro atoms. The second kappa shape index (κ2) is 7.87. The van der Waals surface area contributed by atoms with Crippen LogP contribution >= 0.6 is 23.2 Å². The first-order valence-electron chi connectivity index (χ1n) is 6.70. The fourth-order valence-corrected chi connectivity index (χ4v) is 2.35. The number of likely N-dealkylation sites (N-methyl/N-ethyl adjacent to an activating group) is 1. The van der Waals surface area contributed by atoms with E-state index in [1.165, 1.54) is 0 Å². The van der Waals surface area contributed by atoms with Gasteiger partial charge in [0.15, 0.2) is 0 Å². The molecule has 20 heavy (non-hydrogen) atoms. The predicted octanol–water partition coefficient (Wildman–Crippen LogP) is 3.59. The molecule has 0 aromatic heterocycles. The first kappa shape index (κ1) is 17.3. The molecular weight excluding hydrogens is 295 g/mol. The maximum atomic E-state index is 11.9. The summed E-state index contributed by atoms with van der Waals surface area (Å²) in [5.41, 5.74) is 0.995. The smallest absolute Gasteiger partial charge is 0.234 e. The lowest BCUT2D eigenvalue weighted by atomic mass is 10.1. The van der Waals surface area contributed by atoms with Gasteiger partial charge in [-0.3, -0.25) is 9.69 Å². The van der Waals surface area contributed by atoms with Gasteiger partial charge in [0.25, 0.3) is 0 Å². The molecular formula is C15H22Cl2N2O. The number of benzene rings is 1. The summed E-state index contributed by atoms with van der Waals surface area (Å²) in [5, 5.41) is 4.21. The van der Waals surface area contributed by atoms with Gasteiger partial charge in [-0.15, -0.1) is 0 Å². The molecule has 0 bridgehead atoms. The molecule has 0 radical (unpaired) electrons. The van der Waals surface area contributed by atoms with Crippen LogP contribution in [-0.2, 0) is 11.3 Å². The van der Waals surface area contributed by atoms with E-state index in [4.69, 9.17) is 23.2 Å². The minimum atomic E-state index is 0.0295. The molecule has 1 aromatic carbocycles. The van der Waals surface area contributed by atoms with Crippen molar-refractivity contribution in [1.82, 2.24) is 10.2 Å². The lowest BCUT2D eigenvalue weighted by molar-refractivity contribution is -0.122. The van der Waals surface area contributed by atoms with E-state index >= 15 is 0 Å². The Balaban J connectivity index is 2.50. The number of halogens is 2. The zero-order chi connectivity index (χ0) is 15.3. The maximum absolute atomic E-state index is 11.9. The lowest BCUT2D eigenvalue weighted by Crippen LogP contribution is -2.41. The van der Waals surface area contributed by atoms with Gasteiger partial charge in [-0.25, -0.2) is 0 Å². The monoisotopic (exact) mass is 316 g/mol. The highest BCUT2D eigenvalue weighted by Crippen LogP contribution is 2.19. The van der Waals surface area contributed by atoms with Crippen LogP contribution in [0.4, 0.5) is 0 Å². The first-order valence-corrected chi connectivity index (χ1v) is 7.46. The number of amides is 1. The highest BCUT2D eigenvalue weighted by atomic mass is 35.5. The number of nitrogens with one attached hydrogen (secondary N) is 1. The average Bonchev–Trinajstić information content (AvgIpc) is 2.26. The Morgan fingerprint density at radius 1 is 1.20 bits per heavy atom. The van der Waals surface area contributed by atoms with Crippen LogP contribution in [0.3, 0.4) is 0 Å². The van der Waals surface area contributed by atoms with Gasteiger partial charge in [-0.05, 0) is 43.7 Å². The third-order valence-electron chi connectivity index (χ3n) is 3.18. The normalized spacial score (nSPS) is 12.8. The maximum Gasteiger partial charge on any atom is 0.234 e. The summed E-state index contributed by atoms with van der Waals surface area (Å²) < 4.78 is 0. The first-order chi connectivity index (χ1) is 9.27. The Hall–Kier alpha value is -0.770. The van der Waals surface area contributed by atoms with E-state index in [-0.39, 0.29) is 11.9 Å². The number of nitrogens with zero attached hydrogens (tertiary/aromatic N) is 1. The molecule has 1 unspecified atom stereocenters. The molecule has 1 N–H and O–H groups in total. The lowest BCUT2D eigenvalue weighted by Gasteiger charge is -2.21. The van der Waals surface area contributed by atoms with Gasteiger partial charge in [-0.1, -0.05) is 37.0 Å². The molecule has 1 atom stereocenters. The summed E-state index contributed by atoms with van der Waals surface area (Å²) in [6.45, 7) is 7.16. The van der Waals surface area contributed by atoms with Gasteiger partial charge in [0.05, 0.1) is 6.54 Å². The van der Waals surface area contributed by atoms with Crippen LogP contribution in [0.2, 0.25) is 10.0 Å². The fraction of sp³-hybridized carbons (Fsp3) is 0.533. The van der Waals surface area contributed by atoms with Crippen molar-refractivity contribution in [2.75, 3.05) is 13.6 Å². The van der Waals surface area contributed by atoms with E-state index in [1.54, 1.807) is 6.07 Å². The van der Waals surface area contributed by atoms with Crippen LogP contribution in [0, 0.1) is 5.92 Å². The topological polar surface area (TPSA) is 32.3 Å². The third kappa shape index (κ3) is 6.12. The van der Waals surface area contributed by atoms with E-state index in [0.717, 1.165) is 5.56 Å². The molecule has 1 aromatic rings. The molecule has 0 saturated carbocycles. The van der Waals surface area contributed by atoms with Gasteiger partial charge in [0, 0.05) is 22.6 Å². The third-order valence-corrected chi connectivity index (χ3v) is 3.61. The van der Waals surface area contributed by atoms with Crippen LogP contribution in [0.25, 0.3) is 0 Å². The Kier molecular flexibility index (Phi) is 6.80. The van der Waals surface area contributed by atoms with Gasteiger partial charge >= 0.3 is 0 Å². The van der Waals surface area contributed by atoms with Crippen molar-refractivity contribution in [1.29, 1.82) is 0 Å². The molecule has 3 nitrogen and oxygen atoms in total. The van der Waals surface area contributed by atoms with Crippen LogP contribution in [-0.4, -0.2) is 30.4 Å². The molecule has 0 saturated heterocycles. The average molecular weight is 317 g/mol. The molecule has 0 fully saturated rings. The summed E-state index contributed by atoms with van der Waals surface area (Å²) in [6, 6.07) is 5.59. The van der Waals surface area contributed by atoms with E-state index in [0.29, 0.717) is 29.1 Å². The van der Waals surface area contributed by atoms with E-state index in [9.17, 15) is 4.79 Å². The molecule has 0 aliphatic heterocycles. The van der Waals surface area contributed by atoms with Crippen LogP contribution < -0.4 is 5.32 Å². The number of rotatable bonds is 6. The zero-order valence-corrected chi connectivity index (χ0v) is 13.9. The number of hydrogen-bond acceptors (Lipinski definition) is 2. The van der Waals surface area contributed by atoms with E-state index < -0.39 is 0 Å². The van der Waals surface area contributed by atoms with Gasteiger partial charge in [-0.2, -0.15) is 0 Å². The summed E-state index contributed by atoms with van der Waals surface area (Å²) >= 11 is 11.9. The molecule has 0 aliphatic carbocycles. The Bertz CT molecular complexity index is 443. The van der Waals surface area contributed by atoms with Crippen molar-refractivity contribution in [2.45, 2.75) is 33.4 Å². The van der Waals surface area contributed by atoms with Crippen molar-refractivity contribution in [2.24, 2.45) is 5.92 Å². The number of hydrogen-bond donors (Lipinski definition) is 1. The van der Waals surface area contributed by atoms with Crippen molar-refractivity contribution in [3.8, 4) is 0 Å². The van der Waals surface area contributed by atoms with Crippen LogP contribution in [0.1, 0.15) is 26.3 Å². The summed E-state index contributed by atoms with van der Waals surface area (Å²) in [7, 11) is 1.90. The predicted molar refractivity (Wildman–Crippen MR) is 85.2 cm³/mol. The fourth-order valence-electron chi connectivity index (χ4n) is 1.78. The summed E-state index contributed by atoms with van der Waals surface area (Å²) in [4.78, 5) is 13.8. The van der Waals surface area contributed by atoms with Crippen molar-refractivity contribution in [3.63, 3.8) is 0 Å². The largest absolute Gasteiger partial charge is 0.352 e. The van der Waals surface area contributed by atoms with Crippen LogP contribution in [0.15, 0.2) is 18.2 Å². The molecule has 112 valence electrons. The van der Waals surface area contributed by atoms with Crippen molar-refractivity contribution >= 4 is 29.1 Å². The molecule has 5 heteroatoms. The second-order valence-electron chi connectivity index (χ2n) is 5.55. The quantitative estimate of drug-likeness (QED) is 0.870. The minimum Gasteiger partial charge on any atom is -0.352 e. The Morgan fingerprint density at radius 3 is 2.25 bits per heavy atom. The van der Waals surface area contributed by atoms with E-state index in [1.807, 2.05) is 31.0 Å². The van der Waals surface area contributed by atoms with Gasteiger partial charge in [0.1, 0.15) is 0 Å². The molecule has 0 aliphatic rings. The molecule has 1 rings (SSSR count). The van der Waals surface area contributed by atoms with Crippen molar-refractivity contribution in [3.05, 3.63) is 33.8 Å². The van der Waals surface area contributed by atoms with Crippen LogP contribution in [0.5, 0.6) is 0 Å². The summed E-state index contributed by atoms with van der Waals surface area (Å²) in [6.07, 6.45) is 0. The molecule has 0 heterocycles.